The Hall–Kier alpha value is -3.20. The SMILES string of the molecule is Cc1ccc(C(Cc2ccccc2)(NS(=O)(=O)c2cc(C)cc(Cl)c2)c2cccc(C(F)(F)F)c2)nc1. The summed E-state index contributed by atoms with van der Waals surface area (Å²) in [5.74, 6) is 0. The molecular formula is C28H24ClF3N2O2S. The average molecular weight is 545 g/mol. The van der Waals surface area contributed by atoms with E-state index in [2.05, 4.69) is 9.71 Å². The van der Waals surface area contributed by atoms with Crippen molar-refractivity contribution in [3.05, 3.63) is 130 Å². The molecule has 0 aliphatic carbocycles. The van der Waals surface area contributed by atoms with Gasteiger partial charge in [0.25, 0.3) is 0 Å². The zero-order valence-electron chi connectivity index (χ0n) is 20.1. The van der Waals surface area contributed by atoms with Gasteiger partial charge >= 0.3 is 6.18 Å². The van der Waals surface area contributed by atoms with Crippen LogP contribution in [0, 0.1) is 13.8 Å². The van der Waals surface area contributed by atoms with E-state index in [0.29, 0.717) is 11.1 Å². The summed E-state index contributed by atoms with van der Waals surface area (Å²) in [6.45, 7) is 3.52. The van der Waals surface area contributed by atoms with Gasteiger partial charge in [-0.2, -0.15) is 17.9 Å². The van der Waals surface area contributed by atoms with Crippen molar-refractivity contribution in [2.24, 2.45) is 0 Å². The molecular weight excluding hydrogens is 521 g/mol. The second-order valence-corrected chi connectivity index (χ2v) is 11.1. The third kappa shape index (κ3) is 6.04. The van der Waals surface area contributed by atoms with Crippen molar-refractivity contribution in [3.63, 3.8) is 0 Å². The van der Waals surface area contributed by atoms with Crippen molar-refractivity contribution in [2.75, 3.05) is 0 Å². The monoisotopic (exact) mass is 544 g/mol. The van der Waals surface area contributed by atoms with Crippen LogP contribution in [0.3, 0.4) is 0 Å². The molecule has 4 rings (SSSR count). The van der Waals surface area contributed by atoms with Crippen molar-refractivity contribution in [1.82, 2.24) is 9.71 Å². The van der Waals surface area contributed by atoms with Crippen molar-refractivity contribution in [1.29, 1.82) is 0 Å². The van der Waals surface area contributed by atoms with Gasteiger partial charge in [0.2, 0.25) is 10.0 Å². The number of aromatic nitrogens is 1. The molecule has 0 aliphatic rings. The molecule has 37 heavy (non-hydrogen) atoms. The maximum absolute atomic E-state index is 13.8. The molecule has 192 valence electrons. The first-order valence-corrected chi connectivity index (χ1v) is 13.2. The zero-order valence-corrected chi connectivity index (χ0v) is 21.6. The van der Waals surface area contributed by atoms with Gasteiger partial charge in [-0.05, 0) is 72.5 Å². The van der Waals surface area contributed by atoms with Gasteiger partial charge in [-0.3, -0.25) is 4.98 Å². The molecule has 0 saturated carbocycles. The predicted octanol–water partition coefficient (Wildman–Crippen LogP) is 6.84. The predicted molar refractivity (Wildman–Crippen MR) is 138 cm³/mol. The average Bonchev–Trinajstić information content (AvgIpc) is 2.83. The largest absolute Gasteiger partial charge is 0.416 e. The Balaban J connectivity index is 2.01. The minimum Gasteiger partial charge on any atom is -0.259 e. The summed E-state index contributed by atoms with van der Waals surface area (Å²) in [7, 11) is -4.29. The fourth-order valence-corrected chi connectivity index (χ4v) is 6.07. The lowest BCUT2D eigenvalue weighted by Crippen LogP contribution is -2.49. The van der Waals surface area contributed by atoms with Gasteiger partial charge in [0.15, 0.2) is 0 Å². The van der Waals surface area contributed by atoms with Crippen molar-refractivity contribution < 1.29 is 21.6 Å². The van der Waals surface area contributed by atoms with Crippen LogP contribution in [0.25, 0.3) is 0 Å². The van der Waals surface area contributed by atoms with Gasteiger partial charge in [0.05, 0.1) is 16.2 Å². The molecule has 0 bridgehead atoms. The quantitative estimate of drug-likeness (QED) is 0.277. The molecule has 1 heterocycles. The maximum atomic E-state index is 13.8. The molecule has 0 amide bonds. The summed E-state index contributed by atoms with van der Waals surface area (Å²) < 4.78 is 71.7. The molecule has 0 saturated heterocycles. The third-order valence-electron chi connectivity index (χ3n) is 5.98. The molecule has 0 fully saturated rings. The second-order valence-electron chi connectivity index (χ2n) is 8.94. The number of nitrogens with one attached hydrogen (secondary N) is 1. The molecule has 1 aromatic heterocycles. The first-order chi connectivity index (χ1) is 17.4. The van der Waals surface area contributed by atoms with Crippen molar-refractivity contribution in [2.45, 2.75) is 36.9 Å². The molecule has 3 aromatic carbocycles. The number of hydrogen-bond acceptors (Lipinski definition) is 3. The van der Waals surface area contributed by atoms with Crippen LogP contribution in [0.5, 0.6) is 0 Å². The van der Waals surface area contributed by atoms with E-state index in [-0.39, 0.29) is 27.6 Å². The molecule has 9 heteroatoms. The van der Waals surface area contributed by atoms with E-state index in [1.807, 2.05) is 6.92 Å². The number of hydrogen-bond donors (Lipinski definition) is 1. The number of halogens is 4. The molecule has 1 unspecified atom stereocenters. The Bertz CT molecular complexity index is 1490. The Kier molecular flexibility index (Phi) is 7.46. The van der Waals surface area contributed by atoms with Gasteiger partial charge in [-0.25, -0.2) is 8.42 Å². The number of pyridine rings is 1. The fraction of sp³-hybridized carbons (Fsp3) is 0.179. The summed E-state index contributed by atoms with van der Waals surface area (Å²) in [4.78, 5) is 4.39. The molecule has 4 aromatic rings. The van der Waals surface area contributed by atoms with E-state index >= 15 is 0 Å². The highest BCUT2D eigenvalue weighted by molar-refractivity contribution is 7.89. The Morgan fingerprint density at radius 2 is 1.54 bits per heavy atom. The van der Waals surface area contributed by atoms with Gasteiger partial charge < -0.3 is 0 Å². The lowest BCUT2D eigenvalue weighted by Gasteiger charge is -2.35. The summed E-state index contributed by atoms with van der Waals surface area (Å²) >= 11 is 6.15. The summed E-state index contributed by atoms with van der Waals surface area (Å²) in [6, 6.07) is 21.4. The van der Waals surface area contributed by atoms with E-state index in [1.54, 1.807) is 61.7 Å². The van der Waals surface area contributed by atoms with E-state index in [4.69, 9.17) is 11.6 Å². The minimum atomic E-state index is -4.63. The van der Waals surface area contributed by atoms with Gasteiger partial charge in [-0.15, -0.1) is 0 Å². The number of alkyl halides is 3. The Morgan fingerprint density at radius 3 is 2.16 bits per heavy atom. The lowest BCUT2D eigenvalue weighted by atomic mass is 9.81. The highest BCUT2D eigenvalue weighted by atomic mass is 35.5. The van der Waals surface area contributed by atoms with E-state index in [9.17, 15) is 21.6 Å². The van der Waals surface area contributed by atoms with Crippen LogP contribution in [0.4, 0.5) is 13.2 Å². The van der Waals surface area contributed by atoms with E-state index in [0.717, 1.165) is 17.7 Å². The minimum absolute atomic E-state index is 0.00396. The smallest absolute Gasteiger partial charge is 0.259 e. The Labute approximate surface area is 219 Å². The molecule has 0 spiro atoms. The first kappa shape index (κ1) is 26.9. The topological polar surface area (TPSA) is 59.1 Å². The normalized spacial score (nSPS) is 13.8. The van der Waals surface area contributed by atoms with Crippen molar-refractivity contribution in [3.8, 4) is 0 Å². The molecule has 1 atom stereocenters. The molecule has 0 aliphatic heterocycles. The van der Waals surface area contributed by atoms with Gasteiger partial charge in [0, 0.05) is 17.6 Å². The van der Waals surface area contributed by atoms with Crippen LogP contribution >= 0.6 is 11.6 Å². The fourth-order valence-electron chi connectivity index (χ4n) is 4.22. The Morgan fingerprint density at radius 1 is 0.838 bits per heavy atom. The van der Waals surface area contributed by atoms with Crippen LogP contribution in [-0.4, -0.2) is 13.4 Å². The summed E-state index contributed by atoms with van der Waals surface area (Å²) in [6.07, 6.45) is -3.07. The standard InChI is InChI=1S/C28H24ClF3N2O2S/c1-19-11-12-26(33-18-19)27(17-21-7-4-3-5-8-21,22-9-6-10-23(15-22)28(30,31)32)34-37(35,36)25-14-20(2)13-24(29)16-25/h3-16,18,34H,17H2,1-2H3. The lowest BCUT2D eigenvalue weighted by molar-refractivity contribution is -0.137. The number of nitrogens with zero attached hydrogens (tertiary/aromatic N) is 1. The van der Waals surface area contributed by atoms with Crippen LogP contribution in [0.15, 0.2) is 96.0 Å². The summed E-state index contributed by atoms with van der Waals surface area (Å²) in [5.41, 5.74) is -0.0809. The molecule has 4 nitrogen and oxygen atoms in total. The van der Waals surface area contributed by atoms with Crippen LogP contribution in [-0.2, 0) is 28.2 Å². The first-order valence-electron chi connectivity index (χ1n) is 11.3. The van der Waals surface area contributed by atoms with E-state index in [1.165, 1.54) is 24.3 Å². The number of benzene rings is 3. The van der Waals surface area contributed by atoms with E-state index < -0.39 is 27.3 Å². The molecule has 0 radical (unpaired) electrons. The maximum Gasteiger partial charge on any atom is 0.416 e. The summed E-state index contributed by atoms with van der Waals surface area (Å²) in [5, 5.41) is 0.224. The highest BCUT2D eigenvalue weighted by Gasteiger charge is 2.42. The number of rotatable bonds is 7. The van der Waals surface area contributed by atoms with Crippen molar-refractivity contribution >= 4 is 21.6 Å². The number of aryl methyl sites for hydroxylation is 2. The third-order valence-corrected chi connectivity index (χ3v) is 7.67. The van der Waals surface area contributed by atoms with Crippen LogP contribution in [0.1, 0.15) is 33.5 Å². The molecule has 1 N–H and O–H groups in total. The van der Waals surface area contributed by atoms with Gasteiger partial charge in [0.1, 0.15) is 5.54 Å². The van der Waals surface area contributed by atoms with Gasteiger partial charge in [-0.1, -0.05) is 60.1 Å². The zero-order chi connectivity index (χ0) is 26.8. The van der Waals surface area contributed by atoms with Crippen LogP contribution in [0.2, 0.25) is 5.02 Å². The number of sulfonamides is 1. The second kappa shape index (κ2) is 10.3. The highest BCUT2D eigenvalue weighted by Crippen LogP contribution is 2.38. The van der Waals surface area contributed by atoms with Crippen LogP contribution < -0.4 is 4.72 Å².